The number of para-hydroxylation sites is 1. The number of nitrogens with one attached hydrogen (secondary N) is 3. The molecule has 0 aliphatic carbocycles. The lowest BCUT2D eigenvalue weighted by atomic mass is 9.89. The van der Waals surface area contributed by atoms with Gasteiger partial charge in [0.2, 0.25) is 17.8 Å². The van der Waals surface area contributed by atoms with Crippen LogP contribution in [-0.2, 0) is 10.0 Å². The van der Waals surface area contributed by atoms with Gasteiger partial charge in [-0.05, 0) is 42.2 Å². The fourth-order valence-corrected chi connectivity index (χ4v) is 7.05. The number of aromatic nitrogens is 3. The summed E-state index contributed by atoms with van der Waals surface area (Å²) in [5.41, 5.74) is 2.40. The van der Waals surface area contributed by atoms with Crippen LogP contribution in [0.1, 0.15) is 29.9 Å². The predicted molar refractivity (Wildman–Crippen MR) is 166 cm³/mol. The Morgan fingerprint density at radius 3 is 2.29 bits per heavy atom. The van der Waals surface area contributed by atoms with E-state index in [-0.39, 0.29) is 16.9 Å². The molecule has 2 aliphatic heterocycles. The van der Waals surface area contributed by atoms with Crippen LogP contribution in [0, 0.1) is 0 Å². The lowest BCUT2D eigenvalue weighted by molar-refractivity contribution is 0.407. The van der Waals surface area contributed by atoms with E-state index in [1.54, 1.807) is 31.3 Å². The van der Waals surface area contributed by atoms with Gasteiger partial charge in [0, 0.05) is 56.8 Å². The summed E-state index contributed by atoms with van der Waals surface area (Å²) < 4.78 is 28.4. The molecule has 0 bridgehead atoms. The van der Waals surface area contributed by atoms with Crippen LogP contribution >= 0.6 is 11.6 Å². The number of anilines is 4. The molecule has 1 aromatic heterocycles. The van der Waals surface area contributed by atoms with Crippen LogP contribution in [0.3, 0.4) is 0 Å². The smallest absolute Gasteiger partial charge is 0.264 e. The van der Waals surface area contributed by atoms with Gasteiger partial charge >= 0.3 is 0 Å². The second-order valence-corrected chi connectivity index (χ2v) is 12.4. The van der Waals surface area contributed by atoms with Crippen molar-refractivity contribution in [1.29, 1.82) is 0 Å². The summed E-state index contributed by atoms with van der Waals surface area (Å²) in [6.07, 6.45) is 5.28. The molecule has 0 spiro atoms. The van der Waals surface area contributed by atoms with Crippen molar-refractivity contribution in [3.8, 4) is 0 Å². The summed E-state index contributed by atoms with van der Waals surface area (Å²) in [4.78, 5) is 16.1. The van der Waals surface area contributed by atoms with Gasteiger partial charge < -0.3 is 20.9 Å². The second kappa shape index (κ2) is 12.5. The Hall–Kier alpha value is -3.67. The summed E-state index contributed by atoms with van der Waals surface area (Å²) in [5, 5.41) is 10.4. The molecule has 3 N–H and O–H groups in total. The number of sulfonamides is 1. The minimum Gasteiger partial charge on any atom is -0.351 e. The van der Waals surface area contributed by atoms with E-state index in [2.05, 4.69) is 49.0 Å². The number of nitrogens with zero attached hydrogens (tertiary/aromatic N) is 5. The Morgan fingerprint density at radius 1 is 0.976 bits per heavy atom. The molecule has 5 rings (SSSR count). The molecule has 12 heteroatoms. The SMILES string of the molecule is C=CCNc1nc(NCC=C)nc(N2CCC(NCC3c4ccccc4N(C)S(=O)(=O)c4cc(Cl)ccc43)CC2)n1. The third-order valence-corrected chi connectivity index (χ3v) is 9.52. The van der Waals surface area contributed by atoms with Crippen LogP contribution in [0.25, 0.3) is 0 Å². The molecule has 1 fully saturated rings. The molecule has 216 valence electrons. The molecule has 1 unspecified atom stereocenters. The van der Waals surface area contributed by atoms with Crippen LogP contribution in [0.5, 0.6) is 0 Å². The van der Waals surface area contributed by atoms with E-state index >= 15 is 0 Å². The van der Waals surface area contributed by atoms with Crippen molar-refractivity contribution >= 4 is 45.2 Å². The summed E-state index contributed by atoms with van der Waals surface area (Å²) in [6.45, 7) is 10.7. The van der Waals surface area contributed by atoms with E-state index in [9.17, 15) is 8.42 Å². The van der Waals surface area contributed by atoms with Gasteiger partial charge in [0.25, 0.3) is 10.0 Å². The van der Waals surface area contributed by atoms with Crippen molar-refractivity contribution in [2.24, 2.45) is 0 Å². The maximum absolute atomic E-state index is 13.5. The first-order chi connectivity index (χ1) is 19.8. The fraction of sp³-hybridized carbons (Fsp3) is 0.345. The van der Waals surface area contributed by atoms with Crippen LogP contribution in [0.4, 0.5) is 23.5 Å². The van der Waals surface area contributed by atoms with E-state index in [0.29, 0.717) is 48.2 Å². The number of hydrogen-bond donors (Lipinski definition) is 3. The lowest BCUT2D eigenvalue weighted by Crippen LogP contribution is -2.44. The number of benzene rings is 2. The average molecular weight is 595 g/mol. The highest BCUT2D eigenvalue weighted by Gasteiger charge is 2.35. The molecular formula is C29H35ClN8O2S. The highest BCUT2D eigenvalue weighted by Crippen LogP contribution is 2.41. The lowest BCUT2D eigenvalue weighted by Gasteiger charge is -2.33. The van der Waals surface area contributed by atoms with Crippen molar-refractivity contribution in [1.82, 2.24) is 20.3 Å². The Morgan fingerprint density at radius 2 is 1.63 bits per heavy atom. The topological polar surface area (TPSA) is 115 Å². The van der Waals surface area contributed by atoms with Gasteiger partial charge in [-0.2, -0.15) is 15.0 Å². The molecule has 0 amide bonds. The highest BCUT2D eigenvalue weighted by atomic mass is 35.5. The number of fused-ring (bicyclic) bond motifs is 2. The van der Waals surface area contributed by atoms with Crippen molar-refractivity contribution in [2.45, 2.75) is 29.7 Å². The molecule has 0 saturated carbocycles. The maximum Gasteiger partial charge on any atom is 0.264 e. The van der Waals surface area contributed by atoms with Crippen LogP contribution in [0.15, 0.2) is 72.7 Å². The standard InChI is InChI=1S/C29H35ClN8O2S/c1-4-14-31-27-34-28(32-15-5-2)36-29(35-27)38-16-12-21(13-17-38)33-19-24-22-8-6-7-9-25(22)37(3)41(39,40)26-18-20(30)10-11-23(24)26/h4-11,18,21,24,33H,1-2,12-17,19H2,3H3,(H2,31,32,34,35,36). The molecular weight excluding hydrogens is 560 g/mol. The van der Waals surface area contributed by atoms with Gasteiger partial charge in [0.05, 0.1) is 10.6 Å². The molecule has 2 aliphatic rings. The van der Waals surface area contributed by atoms with Gasteiger partial charge in [-0.1, -0.05) is 48.0 Å². The van der Waals surface area contributed by atoms with Gasteiger partial charge in [0.1, 0.15) is 0 Å². The van der Waals surface area contributed by atoms with E-state index < -0.39 is 10.0 Å². The quantitative estimate of drug-likeness (QED) is 0.296. The molecule has 1 saturated heterocycles. The third-order valence-electron chi connectivity index (χ3n) is 7.46. The first kappa shape index (κ1) is 28.8. The molecule has 2 aromatic carbocycles. The molecule has 3 aromatic rings. The molecule has 3 heterocycles. The zero-order valence-corrected chi connectivity index (χ0v) is 24.6. The van der Waals surface area contributed by atoms with E-state index in [4.69, 9.17) is 11.6 Å². The molecule has 1 atom stereocenters. The van der Waals surface area contributed by atoms with Crippen molar-refractivity contribution in [3.63, 3.8) is 0 Å². The summed E-state index contributed by atoms with van der Waals surface area (Å²) in [5.74, 6) is 1.45. The Balaban J connectivity index is 1.32. The summed E-state index contributed by atoms with van der Waals surface area (Å²) in [7, 11) is -2.15. The van der Waals surface area contributed by atoms with E-state index in [1.807, 2.05) is 30.3 Å². The Bertz CT molecular complexity index is 1490. The minimum absolute atomic E-state index is 0.156. The summed E-state index contributed by atoms with van der Waals surface area (Å²) in [6, 6.07) is 13.1. The van der Waals surface area contributed by atoms with Gasteiger partial charge in [-0.3, -0.25) is 4.31 Å². The van der Waals surface area contributed by atoms with Gasteiger partial charge in [-0.25, -0.2) is 8.42 Å². The molecule has 10 nitrogen and oxygen atoms in total. The number of piperidine rings is 1. The second-order valence-electron chi connectivity index (χ2n) is 10.1. The average Bonchev–Trinajstić information content (AvgIpc) is 3.05. The van der Waals surface area contributed by atoms with Crippen molar-refractivity contribution < 1.29 is 8.42 Å². The van der Waals surface area contributed by atoms with E-state index in [1.165, 1.54) is 4.31 Å². The maximum atomic E-state index is 13.5. The van der Waals surface area contributed by atoms with Crippen molar-refractivity contribution in [2.75, 3.05) is 59.6 Å². The Kier molecular flexibility index (Phi) is 8.77. The Labute approximate surface area is 246 Å². The first-order valence-electron chi connectivity index (χ1n) is 13.6. The zero-order chi connectivity index (χ0) is 29.0. The molecule has 0 radical (unpaired) electrons. The van der Waals surface area contributed by atoms with Gasteiger partial charge in [0.15, 0.2) is 0 Å². The largest absolute Gasteiger partial charge is 0.351 e. The van der Waals surface area contributed by atoms with Crippen LogP contribution < -0.4 is 25.2 Å². The van der Waals surface area contributed by atoms with Crippen LogP contribution in [-0.4, -0.2) is 69.2 Å². The predicted octanol–water partition coefficient (Wildman–Crippen LogP) is 4.25. The molecule has 41 heavy (non-hydrogen) atoms. The number of rotatable bonds is 10. The van der Waals surface area contributed by atoms with E-state index in [0.717, 1.165) is 37.1 Å². The zero-order valence-electron chi connectivity index (χ0n) is 23.1. The monoisotopic (exact) mass is 594 g/mol. The fourth-order valence-electron chi connectivity index (χ4n) is 5.31. The number of hydrogen-bond acceptors (Lipinski definition) is 9. The first-order valence-corrected chi connectivity index (χ1v) is 15.4. The highest BCUT2D eigenvalue weighted by molar-refractivity contribution is 7.92. The van der Waals surface area contributed by atoms with Crippen molar-refractivity contribution in [3.05, 3.63) is 83.9 Å². The van der Waals surface area contributed by atoms with Crippen LogP contribution in [0.2, 0.25) is 5.02 Å². The summed E-state index contributed by atoms with van der Waals surface area (Å²) >= 11 is 6.26. The normalized spacial score (nSPS) is 18.1. The minimum atomic E-state index is -3.75. The third kappa shape index (κ3) is 6.17. The number of halogens is 1. The van der Waals surface area contributed by atoms with Gasteiger partial charge in [-0.15, -0.1) is 13.2 Å².